The number of carbonyl (C=O) groups is 1. The summed E-state index contributed by atoms with van der Waals surface area (Å²) in [5.74, 6) is -0.992. The van der Waals surface area contributed by atoms with Crippen molar-refractivity contribution in [2.75, 3.05) is 11.1 Å². The van der Waals surface area contributed by atoms with Gasteiger partial charge in [0.1, 0.15) is 17.4 Å². The van der Waals surface area contributed by atoms with E-state index < -0.39 is 17.3 Å². The van der Waals surface area contributed by atoms with Gasteiger partial charge in [0, 0.05) is 5.56 Å². The number of nitriles is 1. The number of hydrogen-bond acceptors (Lipinski definition) is 5. The van der Waals surface area contributed by atoms with Crippen molar-refractivity contribution in [2.45, 2.75) is 5.16 Å². The minimum atomic E-state index is -0.583. The molecule has 0 spiro atoms. The number of nitrogens with one attached hydrogen (secondary N) is 2. The Bertz CT molecular complexity index is 1130. The average Bonchev–Trinajstić information content (AvgIpc) is 2.69. The van der Waals surface area contributed by atoms with E-state index in [0.29, 0.717) is 5.56 Å². The molecule has 0 aliphatic heterocycles. The number of nitrogens with zero attached hydrogens (tertiary/aromatic N) is 2. The van der Waals surface area contributed by atoms with Crippen LogP contribution in [0.4, 0.5) is 10.1 Å². The van der Waals surface area contributed by atoms with Crippen molar-refractivity contribution in [1.82, 2.24) is 9.97 Å². The highest BCUT2D eigenvalue weighted by molar-refractivity contribution is 7.99. The molecular formula is C19H12ClFN4O2S. The second-order valence-corrected chi connectivity index (χ2v) is 6.90. The molecule has 6 nitrogen and oxygen atoms in total. The van der Waals surface area contributed by atoms with Crippen LogP contribution < -0.4 is 10.9 Å². The van der Waals surface area contributed by atoms with Crippen LogP contribution in [0.15, 0.2) is 58.5 Å². The van der Waals surface area contributed by atoms with E-state index in [2.05, 4.69) is 15.3 Å². The van der Waals surface area contributed by atoms with E-state index in [1.807, 2.05) is 12.1 Å². The maximum atomic E-state index is 13.1. The number of aromatic nitrogens is 2. The van der Waals surface area contributed by atoms with Gasteiger partial charge in [-0.05, 0) is 18.2 Å². The predicted octanol–water partition coefficient (Wildman–Crippen LogP) is 3.83. The molecule has 3 rings (SSSR count). The van der Waals surface area contributed by atoms with E-state index in [-0.39, 0.29) is 32.9 Å². The first kappa shape index (κ1) is 19.6. The van der Waals surface area contributed by atoms with Crippen LogP contribution >= 0.6 is 23.4 Å². The van der Waals surface area contributed by atoms with Crippen LogP contribution in [0.25, 0.3) is 11.3 Å². The smallest absolute Gasteiger partial charge is 0.270 e. The number of H-pyrrole nitrogens is 1. The van der Waals surface area contributed by atoms with Gasteiger partial charge in [0.25, 0.3) is 5.56 Å². The lowest BCUT2D eigenvalue weighted by Crippen LogP contribution is -2.17. The first-order valence-corrected chi connectivity index (χ1v) is 9.32. The summed E-state index contributed by atoms with van der Waals surface area (Å²) in [4.78, 5) is 31.1. The first-order valence-electron chi connectivity index (χ1n) is 7.95. The Morgan fingerprint density at radius 3 is 2.71 bits per heavy atom. The maximum absolute atomic E-state index is 13.1. The third-order valence-corrected chi connectivity index (χ3v) is 4.79. The highest BCUT2D eigenvalue weighted by Gasteiger charge is 2.15. The van der Waals surface area contributed by atoms with Crippen LogP contribution in [0.2, 0.25) is 5.02 Å². The molecule has 1 amide bonds. The summed E-state index contributed by atoms with van der Waals surface area (Å²) >= 11 is 6.88. The van der Waals surface area contributed by atoms with Gasteiger partial charge in [-0.1, -0.05) is 53.7 Å². The molecule has 0 saturated heterocycles. The first-order chi connectivity index (χ1) is 13.5. The molecule has 1 aromatic heterocycles. The lowest BCUT2D eigenvalue weighted by atomic mass is 10.1. The summed E-state index contributed by atoms with van der Waals surface area (Å²) in [5.41, 5.74) is 0.463. The predicted molar refractivity (Wildman–Crippen MR) is 106 cm³/mol. The molecule has 28 heavy (non-hydrogen) atoms. The van der Waals surface area contributed by atoms with Gasteiger partial charge in [-0.25, -0.2) is 9.37 Å². The fourth-order valence-electron chi connectivity index (χ4n) is 2.34. The Morgan fingerprint density at radius 2 is 2.04 bits per heavy atom. The monoisotopic (exact) mass is 414 g/mol. The largest absolute Gasteiger partial charge is 0.324 e. The highest BCUT2D eigenvalue weighted by atomic mass is 35.5. The number of amides is 1. The maximum Gasteiger partial charge on any atom is 0.270 e. The van der Waals surface area contributed by atoms with Crippen LogP contribution in [0.1, 0.15) is 5.56 Å². The molecular weight excluding hydrogens is 403 g/mol. The number of rotatable bonds is 5. The summed E-state index contributed by atoms with van der Waals surface area (Å²) in [6.07, 6.45) is 0. The molecule has 0 aliphatic rings. The molecule has 0 fully saturated rings. The van der Waals surface area contributed by atoms with Gasteiger partial charge in [-0.3, -0.25) is 9.59 Å². The van der Waals surface area contributed by atoms with E-state index in [9.17, 15) is 19.2 Å². The summed E-state index contributed by atoms with van der Waals surface area (Å²) < 4.78 is 13.1. The van der Waals surface area contributed by atoms with Crippen LogP contribution in [-0.2, 0) is 4.79 Å². The number of halogens is 2. The van der Waals surface area contributed by atoms with Crippen molar-refractivity contribution in [3.63, 3.8) is 0 Å². The number of thioether (sulfide) groups is 1. The molecule has 3 aromatic rings. The molecule has 2 aromatic carbocycles. The minimum Gasteiger partial charge on any atom is -0.324 e. The summed E-state index contributed by atoms with van der Waals surface area (Å²) in [6.45, 7) is 0. The quantitative estimate of drug-likeness (QED) is 0.488. The Hall–Kier alpha value is -3.15. The summed E-state index contributed by atoms with van der Waals surface area (Å²) in [7, 11) is 0. The van der Waals surface area contributed by atoms with Gasteiger partial charge in [0.05, 0.1) is 22.2 Å². The molecule has 9 heteroatoms. The molecule has 0 saturated carbocycles. The third kappa shape index (κ3) is 4.57. The number of benzene rings is 2. The number of hydrogen-bond donors (Lipinski definition) is 2. The van der Waals surface area contributed by atoms with Crippen molar-refractivity contribution in [2.24, 2.45) is 0 Å². The number of aromatic amines is 1. The van der Waals surface area contributed by atoms with Crippen molar-refractivity contribution in [3.8, 4) is 17.3 Å². The van der Waals surface area contributed by atoms with Crippen molar-refractivity contribution in [3.05, 3.63) is 75.3 Å². The van der Waals surface area contributed by atoms with E-state index in [0.717, 1.165) is 17.8 Å². The van der Waals surface area contributed by atoms with E-state index >= 15 is 0 Å². The zero-order chi connectivity index (χ0) is 20.1. The van der Waals surface area contributed by atoms with E-state index in [1.165, 1.54) is 12.1 Å². The number of anilines is 1. The number of carbonyl (C=O) groups excluding carboxylic acids is 1. The van der Waals surface area contributed by atoms with Gasteiger partial charge >= 0.3 is 0 Å². The molecule has 0 atom stereocenters. The van der Waals surface area contributed by atoms with Crippen LogP contribution in [0, 0.1) is 17.1 Å². The molecule has 0 radical (unpaired) electrons. The molecule has 140 valence electrons. The minimum absolute atomic E-state index is 0.0726. The second kappa shape index (κ2) is 8.69. The summed E-state index contributed by atoms with van der Waals surface area (Å²) in [5, 5.41) is 12.1. The van der Waals surface area contributed by atoms with Gasteiger partial charge in [-0.15, -0.1) is 0 Å². The highest BCUT2D eigenvalue weighted by Crippen LogP contribution is 2.24. The normalized spacial score (nSPS) is 10.3. The van der Waals surface area contributed by atoms with Crippen molar-refractivity contribution in [1.29, 1.82) is 5.26 Å². The zero-order valence-electron chi connectivity index (χ0n) is 14.2. The fourth-order valence-corrected chi connectivity index (χ4v) is 3.22. The van der Waals surface area contributed by atoms with E-state index in [4.69, 9.17) is 11.6 Å². The van der Waals surface area contributed by atoms with Gasteiger partial charge in [0.2, 0.25) is 5.91 Å². The van der Waals surface area contributed by atoms with E-state index in [1.54, 1.807) is 24.3 Å². The molecule has 0 unspecified atom stereocenters. The van der Waals surface area contributed by atoms with Crippen molar-refractivity contribution < 1.29 is 9.18 Å². The molecule has 0 aliphatic carbocycles. The lowest BCUT2D eigenvalue weighted by molar-refractivity contribution is -0.113. The average molecular weight is 415 g/mol. The second-order valence-electron chi connectivity index (χ2n) is 5.53. The Kier molecular flexibility index (Phi) is 6.09. The van der Waals surface area contributed by atoms with Gasteiger partial charge < -0.3 is 10.3 Å². The topological polar surface area (TPSA) is 98.6 Å². The Balaban J connectivity index is 1.77. The fraction of sp³-hybridized carbons (Fsp3) is 0.0526. The molecule has 1 heterocycles. The molecule has 0 bridgehead atoms. The van der Waals surface area contributed by atoms with Crippen LogP contribution in [-0.4, -0.2) is 21.6 Å². The Morgan fingerprint density at radius 1 is 1.29 bits per heavy atom. The standard InChI is InChI=1S/C19H12ClFN4O2S/c20-14-8-12(21)6-7-15(14)23-16(26)10-28-19-24-17(11-4-2-1-3-5-11)13(9-22)18(27)25-19/h1-8H,10H2,(H,23,26)(H,24,25,27). The SMILES string of the molecule is N#Cc1c(-c2ccccc2)nc(SCC(=O)Nc2ccc(F)cc2Cl)[nH]c1=O. The van der Waals surface area contributed by atoms with Crippen LogP contribution in [0.3, 0.4) is 0 Å². The third-order valence-electron chi connectivity index (χ3n) is 3.60. The van der Waals surface area contributed by atoms with Crippen molar-refractivity contribution >= 4 is 35.0 Å². The van der Waals surface area contributed by atoms with Crippen LogP contribution in [0.5, 0.6) is 0 Å². The van der Waals surface area contributed by atoms with Gasteiger partial charge in [0.15, 0.2) is 5.16 Å². The Labute approximate surface area is 168 Å². The van der Waals surface area contributed by atoms with Gasteiger partial charge in [-0.2, -0.15) is 5.26 Å². The summed E-state index contributed by atoms with van der Waals surface area (Å²) in [6, 6.07) is 14.3. The zero-order valence-corrected chi connectivity index (χ0v) is 15.8. The lowest BCUT2D eigenvalue weighted by Gasteiger charge is -2.08. The molecule has 2 N–H and O–H groups in total.